The molecule has 0 amide bonds. The van der Waals surface area contributed by atoms with Gasteiger partial charge >= 0.3 is 0 Å². The van der Waals surface area contributed by atoms with E-state index in [1.54, 1.807) is 11.8 Å². The van der Waals surface area contributed by atoms with Gasteiger partial charge < -0.3 is 9.72 Å². The molecule has 1 heterocycles. The monoisotopic (exact) mass is 234 g/mol. The number of ether oxygens (including phenoxy) is 1. The maximum absolute atomic E-state index is 5.43. The highest BCUT2D eigenvalue weighted by Gasteiger charge is 2.03. The molecule has 84 valence electrons. The molecule has 0 atom stereocenters. The van der Waals surface area contributed by atoms with Gasteiger partial charge in [0.15, 0.2) is 5.16 Å². The standard InChI is InChI=1S/C12H14N2OS/c1-3-7-16-12-13-10-6-5-9(15-4-2)8-11(10)14-12/h3,5-6,8H,1,4,7H2,2H3,(H,13,14). The minimum Gasteiger partial charge on any atom is -0.494 e. The molecule has 0 saturated heterocycles. The highest BCUT2D eigenvalue weighted by Crippen LogP contribution is 2.23. The first kappa shape index (κ1) is 11.1. The number of hydrogen-bond acceptors (Lipinski definition) is 3. The molecule has 0 saturated carbocycles. The first-order valence-electron chi connectivity index (χ1n) is 5.19. The number of aromatic amines is 1. The van der Waals surface area contributed by atoms with E-state index in [1.165, 1.54) is 0 Å². The van der Waals surface area contributed by atoms with Crippen LogP contribution in [0.4, 0.5) is 0 Å². The van der Waals surface area contributed by atoms with E-state index in [2.05, 4.69) is 16.5 Å². The fourth-order valence-electron chi connectivity index (χ4n) is 1.43. The lowest BCUT2D eigenvalue weighted by Gasteiger charge is -2.00. The highest BCUT2D eigenvalue weighted by molar-refractivity contribution is 7.99. The Hall–Kier alpha value is -1.42. The minimum absolute atomic E-state index is 0.678. The second-order valence-corrected chi connectivity index (χ2v) is 4.26. The predicted molar refractivity (Wildman–Crippen MR) is 68.2 cm³/mol. The number of imidazole rings is 1. The molecule has 4 heteroatoms. The van der Waals surface area contributed by atoms with E-state index in [-0.39, 0.29) is 0 Å². The lowest BCUT2D eigenvalue weighted by atomic mass is 10.3. The van der Waals surface area contributed by atoms with Crippen molar-refractivity contribution in [3.05, 3.63) is 30.9 Å². The Bertz CT molecular complexity index is 493. The summed E-state index contributed by atoms with van der Waals surface area (Å²) in [6.45, 7) is 6.34. The summed E-state index contributed by atoms with van der Waals surface area (Å²) in [6.07, 6.45) is 1.86. The molecule has 16 heavy (non-hydrogen) atoms. The SMILES string of the molecule is C=CCSc1nc2ccc(OCC)cc2[nH]1. The maximum atomic E-state index is 5.43. The van der Waals surface area contributed by atoms with Gasteiger partial charge in [0.25, 0.3) is 0 Å². The molecule has 2 rings (SSSR count). The molecular formula is C12H14N2OS. The molecule has 1 aromatic carbocycles. The van der Waals surface area contributed by atoms with Gasteiger partial charge in [0.1, 0.15) is 5.75 Å². The Morgan fingerprint density at radius 3 is 3.19 bits per heavy atom. The summed E-state index contributed by atoms with van der Waals surface area (Å²) in [4.78, 5) is 7.71. The fourth-order valence-corrected chi connectivity index (χ4v) is 2.05. The quantitative estimate of drug-likeness (QED) is 0.637. The average molecular weight is 234 g/mol. The highest BCUT2D eigenvalue weighted by atomic mass is 32.2. The number of benzene rings is 1. The van der Waals surface area contributed by atoms with Gasteiger partial charge in [-0.15, -0.1) is 6.58 Å². The Labute approximate surface area is 98.9 Å². The fraction of sp³-hybridized carbons (Fsp3) is 0.250. The summed E-state index contributed by atoms with van der Waals surface area (Å²) in [7, 11) is 0. The van der Waals surface area contributed by atoms with Crippen molar-refractivity contribution in [2.75, 3.05) is 12.4 Å². The number of nitrogens with zero attached hydrogens (tertiary/aromatic N) is 1. The van der Waals surface area contributed by atoms with Crippen molar-refractivity contribution in [1.29, 1.82) is 0 Å². The summed E-state index contributed by atoms with van der Waals surface area (Å²) < 4.78 is 5.43. The molecule has 3 nitrogen and oxygen atoms in total. The second kappa shape index (κ2) is 5.07. The topological polar surface area (TPSA) is 37.9 Å². The zero-order valence-electron chi connectivity index (χ0n) is 9.19. The largest absolute Gasteiger partial charge is 0.494 e. The van der Waals surface area contributed by atoms with Crippen LogP contribution in [-0.2, 0) is 0 Å². The van der Waals surface area contributed by atoms with E-state index in [9.17, 15) is 0 Å². The summed E-state index contributed by atoms with van der Waals surface area (Å²) in [5.74, 6) is 1.73. The van der Waals surface area contributed by atoms with Gasteiger partial charge in [0, 0.05) is 11.8 Å². The molecule has 0 radical (unpaired) electrons. The van der Waals surface area contributed by atoms with E-state index < -0.39 is 0 Å². The molecular weight excluding hydrogens is 220 g/mol. The van der Waals surface area contributed by atoms with Gasteiger partial charge in [-0.05, 0) is 19.1 Å². The third-order valence-electron chi connectivity index (χ3n) is 2.08. The Kier molecular flexibility index (Phi) is 3.51. The number of aromatic nitrogens is 2. The number of thioether (sulfide) groups is 1. The van der Waals surface area contributed by atoms with Crippen LogP contribution in [0.15, 0.2) is 36.0 Å². The summed E-state index contributed by atoms with van der Waals surface area (Å²) in [5.41, 5.74) is 1.98. The Balaban J connectivity index is 2.26. The molecule has 1 N–H and O–H groups in total. The predicted octanol–water partition coefficient (Wildman–Crippen LogP) is 3.24. The first-order chi connectivity index (χ1) is 7.83. The van der Waals surface area contributed by atoms with E-state index in [0.29, 0.717) is 6.61 Å². The Morgan fingerprint density at radius 1 is 1.56 bits per heavy atom. The van der Waals surface area contributed by atoms with Crippen molar-refractivity contribution in [2.45, 2.75) is 12.1 Å². The molecule has 0 spiro atoms. The normalized spacial score (nSPS) is 10.6. The van der Waals surface area contributed by atoms with Crippen LogP contribution in [0, 0.1) is 0 Å². The lowest BCUT2D eigenvalue weighted by Crippen LogP contribution is -1.90. The van der Waals surface area contributed by atoms with Crippen LogP contribution in [0.1, 0.15) is 6.92 Å². The van der Waals surface area contributed by atoms with Gasteiger partial charge in [-0.2, -0.15) is 0 Å². The summed E-state index contributed by atoms with van der Waals surface area (Å²) in [6, 6.07) is 5.88. The van der Waals surface area contributed by atoms with Crippen molar-refractivity contribution < 1.29 is 4.74 Å². The third-order valence-corrected chi connectivity index (χ3v) is 2.95. The van der Waals surface area contributed by atoms with Crippen LogP contribution in [0.2, 0.25) is 0 Å². The smallest absolute Gasteiger partial charge is 0.166 e. The lowest BCUT2D eigenvalue weighted by molar-refractivity contribution is 0.340. The van der Waals surface area contributed by atoms with Crippen molar-refractivity contribution in [1.82, 2.24) is 9.97 Å². The van der Waals surface area contributed by atoms with E-state index in [0.717, 1.165) is 27.7 Å². The summed E-state index contributed by atoms with van der Waals surface area (Å²) in [5, 5.41) is 0.920. The number of fused-ring (bicyclic) bond motifs is 1. The van der Waals surface area contributed by atoms with Crippen molar-refractivity contribution in [3.8, 4) is 5.75 Å². The van der Waals surface area contributed by atoms with E-state index in [1.807, 2.05) is 31.2 Å². The van der Waals surface area contributed by atoms with Crippen LogP contribution in [0.25, 0.3) is 11.0 Å². The maximum Gasteiger partial charge on any atom is 0.166 e. The van der Waals surface area contributed by atoms with Gasteiger partial charge in [0.2, 0.25) is 0 Å². The zero-order valence-corrected chi connectivity index (χ0v) is 10.0. The van der Waals surface area contributed by atoms with Crippen LogP contribution in [-0.4, -0.2) is 22.3 Å². The number of nitrogens with one attached hydrogen (secondary N) is 1. The zero-order chi connectivity index (χ0) is 11.4. The van der Waals surface area contributed by atoms with Crippen LogP contribution < -0.4 is 4.74 Å². The molecule has 0 unspecified atom stereocenters. The first-order valence-corrected chi connectivity index (χ1v) is 6.18. The van der Waals surface area contributed by atoms with Gasteiger partial charge in [0.05, 0.1) is 17.6 Å². The van der Waals surface area contributed by atoms with Gasteiger partial charge in [-0.3, -0.25) is 0 Å². The van der Waals surface area contributed by atoms with Crippen molar-refractivity contribution in [2.24, 2.45) is 0 Å². The van der Waals surface area contributed by atoms with Crippen LogP contribution in [0.3, 0.4) is 0 Å². The van der Waals surface area contributed by atoms with Crippen molar-refractivity contribution >= 4 is 22.8 Å². The average Bonchev–Trinajstić information content (AvgIpc) is 2.68. The minimum atomic E-state index is 0.678. The molecule has 0 fully saturated rings. The second-order valence-electron chi connectivity index (χ2n) is 3.25. The number of H-pyrrole nitrogens is 1. The number of rotatable bonds is 5. The molecule has 0 aliphatic rings. The van der Waals surface area contributed by atoms with Gasteiger partial charge in [-0.1, -0.05) is 17.8 Å². The molecule has 0 bridgehead atoms. The van der Waals surface area contributed by atoms with E-state index in [4.69, 9.17) is 4.74 Å². The van der Waals surface area contributed by atoms with Crippen LogP contribution in [0.5, 0.6) is 5.75 Å². The number of hydrogen-bond donors (Lipinski definition) is 1. The Morgan fingerprint density at radius 2 is 2.44 bits per heavy atom. The molecule has 0 aliphatic carbocycles. The summed E-state index contributed by atoms with van der Waals surface area (Å²) >= 11 is 1.64. The van der Waals surface area contributed by atoms with E-state index >= 15 is 0 Å². The van der Waals surface area contributed by atoms with Gasteiger partial charge in [-0.25, -0.2) is 4.98 Å². The third kappa shape index (κ3) is 2.39. The van der Waals surface area contributed by atoms with Crippen LogP contribution >= 0.6 is 11.8 Å². The molecule has 1 aromatic heterocycles. The molecule has 0 aliphatic heterocycles. The molecule has 2 aromatic rings. The van der Waals surface area contributed by atoms with Crippen molar-refractivity contribution in [3.63, 3.8) is 0 Å².